The summed E-state index contributed by atoms with van der Waals surface area (Å²) < 4.78 is 16.8. The first-order chi connectivity index (χ1) is 31.0. The number of hydrogen-bond acceptors (Lipinski definition) is 6. The predicted molar refractivity (Wildman–Crippen MR) is 270 cm³/mol. The van der Waals surface area contributed by atoms with Crippen LogP contribution in [0, 0.1) is 0 Å². The summed E-state index contributed by atoms with van der Waals surface area (Å²) in [5, 5.41) is 0. The van der Waals surface area contributed by atoms with Crippen molar-refractivity contribution < 1.29 is 28.6 Å². The largest absolute Gasteiger partial charge is 0.462 e. The zero-order chi connectivity index (χ0) is 45.8. The van der Waals surface area contributed by atoms with E-state index in [1.54, 1.807) is 0 Å². The Bertz CT molecular complexity index is 1060. The molecule has 0 aromatic carbocycles. The Labute approximate surface area is 391 Å². The molecule has 1 atom stereocenters. The SMILES string of the molecule is CCCCC/C=C\C/C=C\CCCCCCCC(=O)OC[C@H](COC(=O)CCCCCCCCCCCCCCC)OC(=O)CCCCCCCCC/C=C\CCCCCCCC. The van der Waals surface area contributed by atoms with Crippen molar-refractivity contribution in [3.8, 4) is 0 Å². The molecule has 0 unspecified atom stereocenters. The Hall–Kier alpha value is -2.37. The van der Waals surface area contributed by atoms with E-state index in [2.05, 4.69) is 57.2 Å². The lowest BCUT2D eigenvalue weighted by Crippen LogP contribution is -2.30. The van der Waals surface area contributed by atoms with Crippen LogP contribution in [0.25, 0.3) is 0 Å². The van der Waals surface area contributed by atoms with Crippen LogP contribution in [-0.2, 0) is 28.6 Å². The van der Waals surface area contributed by atoms with Gasteiger partial charge in [0.2, 0.25) is 0 Å². The van der Waals surface area contributed by atoms with Gasteiger partial charge in [0.15, 0.2) is 6.10 Å². The molecular weight excluding hydrogens is 781 g/mol. The van der Waals surface area contributed by atoms with E-state index in [-0.39, 0.29) is 31.1 Å². The van der Waals surface area contributed by atoms with Gasteiger partial charge in [0.25, 0.3) is 0 Å². The van der Waals surface area contributed by atoms with Gasteiger partial charge in [-0.1, -0.05) is 231 Å². The highest BCUT2D eigenvalue weighted by Crippen LogP contribution is 2.16. The van der Waals surface area contributed by atoms with Crippen molar-refractivity contribution in [2.24, 2.45) is 0 Å². The van der Waals surface area contributed by atoms with Crippen LogP contribution >= 0.6 is 0 Å². The molecule has 0 fully saturated rings. The fourth-order valence-corrected chi connectivity index (χ4v) is 7.94. The molecule has 0 amide bonds. The molecule has 0 aliphatic carbocycles. The van der Waals surface area contributed by atoms with E-state index in [0.29, 0.717) is 19.3 Å². The van der Waals surface area contributed by atoms with Gasteiger partial charge in [-0.3, -0.25) is 14.4 Å². The lowest BCUT2D eigenvalue weighted by molar-refractivity contribution is -0.167. The number of unbranched alkanes of at least 4 members (excludes halogenated alkanes) is 33. The highest BCUT2D eigenvalue weighted by molar-refractivity contribution is 5.71. The molecule has 6 nitrogen and oxygen atoms in total. The van der Waals surface area contributed by atoms with Gasteiger partial charge in [0.1, 0.15) is 13.2 Å². The Morgan fingerprint density at radius 1 is 0.317 bits per heavy atom. The smallest absolute Gasteiger partial charge is 0.306 e. The zero-order valence-electron chi connectivity index (χ0n) is 42.1. The average molecular weight is 885 g/mol. The summed E-state index contributed by atoms with van der Waals surface area (Å²) in [6.07, 6.45) is 61.2. The topological polar surface area (TPSA) is 78.9 Å². The Balaban J connectivity index is 4.37. The molecule has 0 saturated heterocycles. The lowest BCUT2D eigenvalue weighted by Gasteiger charge is -2.18. The van der Waals surface area contributed by atoms with Crippen LogP contribution in [0.3, 0.4) is 0 Å². The molecule has 63 heavy (non-hydrogen) atoms. The highest BCUT2D eigenvalue weighted by Gasteiger charge is 2.19. The summed E-state index contributed by atoms with van der Waals surface area (Å²) in [7, 11) is 0. The van der Waals surface area contributed by atoms with Crippen molar-refractivity contribution in [3.05, 3.63) is 36.5 Å². The van der Waals surface area contributed by atoms with Crippen LogP contribution in [0.1, 0.15) is 290 Å². The molecule has 0 rings (SSSR count). The third-order valence-corrected chi connectivity index (χ3v) is 12.1. The van der Waals surface area contributed by atoms with E-state index in [4.69, 9.17) is 14.2 Å². The molecule has 0 N–H and O–H groups in total. The minimum Gasteiger partial charge on any atom is -0.462 e. The van der Waals surface area contributed by atoms with Gasteiger partial charge in [0.05, 0.1) is 0 Å². The van der Waals surface area contributed by atoms with Gasteiger partial charge >= 0.3 is 17.9 Å². The van der Waals surface area contributed by atoms with E-state index in [9.17, 15) is 14.4 Å². The summed E-state index contributed by atoms with van der Waals surface area (Å²) >= 11 is 0. The van der Waals surface area contributed by atoms with Gasteiger partial charge in [-0.05, 0) is 77.0 Å². The van der Waals surface area contributed by atoms with Crippen molar-refractivity contribution >= 4 is 17.9 Å². The second kappa shape index (κ2) is 52.3. The molecular formula is C57H104O6. The number of hydrogen-bond donors (Lipinski definition) is 0. The Morgan fingerprint density at radius 3 is 0.921 bits per heavy atom. The molecule has 6 heteroatoms. The van der Waals surface area contributed by atoms with Gasteiger partial charge in [0, 0.05) is 19.3 Å². The Morgan fingerprint density at radius 2 is 0.571 bits per heavy atom. The molecule has 0 aliphatic rings. The zero-order valence-corrected chi connectivity index (χ0v) is 42.1. The molecule has 0 spiro atoms. The minimum atomic E-state index is -0.776. The number of carbonyl (C=O) groups is 3. The first-order valence-corrected chi connectivity index (χ1v) is 27.5. The van der Waals surface area contributed by atoms with Crippen molar-refractivity contribution in [3.63, 3.8) is 0 Å². The van der Waals surface area contributed by atoms with Crippen molar-refractivity contribution in [1.82, 2.24) is 0 Å². The first-order valence-electron chi connectivity index (χ1n) is 27.5. The standard InChI is InChI=1S/C57H104O6/c1-4-7-10-13-16-19-22-25-27-28-30-33-36-39-42-45-48-51-57(60)63-54(52-61-55(58)49-46-43-40-37-34-31-24-21-18-15-12-9-6-3)53-62-56(59)50-47-44-41-38-35-32-29-26-23-20-17-14-11-8-5-2/h17,20,25-27,29,54H,4-16,18-19,21-24,28,30-53H2,1-3H3/b20-17-,27-25-,29-26-/t54-/m0/s1. The van der Waals surface area contributed by atoms with Crippen LogP contribution in [0.5, 0.6) is 0 Å². The highest BCUT2D eigenvalue weighted by atomic mass is 16.6. The third-order valence-electron chi connectivity index (χ3n) is 12.1. The van der Waals surface area contributed by atoms with Crippen LogP contribution in [0.4, 0.5) is 0 Å². The van der Waals surface area contributed by atoms with E-state index in [0.717, 1.165) is 77.0 Å². The van der Waals surface area contributed by atoms with E-state index in [1.165, 1.54) is 173 Å². The van der Waals surface area contributed by atoms with Crippen molar-refractivity contribution in [2.45, 2.75) is 297 Å². The predicted octanol–water partition coefficient (Wildman–Crippen LogP) is 18.1. The molecule has 0 saturated carbocycles. The van der Waals surface area contributed by atoms with Crippen molar-refractivity contribution in [2.75, 3.05) is 13.2 Å². The number of allylic oxidation sites excluding steroid dienone is 6. The third kappa shape index (κ3) is 50.5. The van der Waals surface area contributed by atoms with Crippen molar-refractivity contribution in [1.29, 1.82) is 0 Å². The summed E-state index contributed by atoms with van der Waals surface area (Å²) in [6.45, 7) is 6.62. The fourth-order valence-electron chi connectivity index (χ4n) is 7.94. The molecule has 0 aliphatic heterocycles. The van der Waals surface area contributed by atoms with Gasteiger partial charge in [-0.15, -0.1) is 0 Å². The molecule has 0 radical (unpaired) electrons. The number of ether oxygens (including phenoxy) is 3. The summed E-state index contributed by atoms with van der Waals surface area (Å²) in [5.74, 6) is -0.881. The van der Waals surface area contributed by atoms with Crippen LogP contribution in [-0.4, -0.2) is 37.2 Å². The second-order valence-corrected chi connectivity index (χ2v) is 18.5. The van der Waals surface area contributed by atoms with Crippen LogP contribution in [0.15, 0.2) is 36.5 Å². The molecule has 0 heterocycles. The normalized spacial score (nSPS) is 12.2. The molecule has 0 bridgehead atoms. The number of carbonyl (C=O) groups excluding carboxylic acids is 3. The van der Waals surface area contributed by atoms with E-state index >= 15 is 0 Å². The maximum atomic E-state index is 12.8. The van der Waals surface area contributed by atoms with Gasteiger partial charge < -0.3 is 14.2 Å². The monoisotopic (exact) mass is 885 g/mol. The van der Waals surface area contributed by atoms with E-state index < -0.39 is 6.10 Å². The Kier molecular flexibility index (Phi) is 50.3. The fraction of sp³-hybridized carbons (Fsp3) is 0.842. The van der Waals surface area contributed by atoms with Crippen LogP contribution < -0.4 is 0 Å². The maximum Gasteiger partial charge on any atom is 0.306 e. The first kappa shape index (κ1) is 60.6. The molecule has 368 valence electrons. The summed E-state index contributed by atoms with van der Waals surface area (Å²) in [6, 6.07) is 0. The summed E-state index contributed by atoms with van der Waals surface area (Å²) in [5.41, 5.74) is 0. The minimum absolute atomic E-state index is 0.0752. The average Bonchev–Trinajstić information content (AvgIpc) is 3.28. The molecule has 0 aromatic rings. The molecule has 0 aromatic heterocycles. The number of rotatable bonds is 50. The number of esters is 3. The van der Waals surface area contributed by atoms with Gasteiger partial charge in [-0.2, -0.15) is 0 Å². The van der Waals surface area contributed by atoms with Crippen LogP contribution in [0.2, 0.25) is 0 Å². The maximum absolute atomic E-state index is 12.8. The quantitative estimate of drug-likeness (QED) is 0.0262. The summed E-state index contributed by atoms with van der Waals surface area (Å²) in [4.78, 5) is 38.0. The lowest BCUT2D eigenvalue weighted by atomic mass is 10.0. The van der Waals surface area contributed by atoms with E-state index in [1.807, 2.05) is 0 Å². The van der Waals surface area contributed by atoms with Gasteiger partial charge in [-0.25, -0.2) is 0 Å². The second-order valence-electron chi connectivity index (χ2n) is 18.5.